The summed E-state index contributed by atoms with van der Waals surface area (Å²) in [6.07, 6.45) is 3.64. The lowest BCUT2D eigenvalue weighted by molar-refractivity contribution is 1.16. The summed E-state index contributed by atoms with van der Waals surface area (Å²) in [7, 11) is 0. The summed E-state index contributed by atoms with van der Waals surface area (Å²) < 4.78 is 0. The van der Waals surface area contributed by atoms with E-state index in [0.29, 0.717) is 0 Å². The lowest BCUT2D eigenvalue weighted by Crippen LogP contribution is -2.14. The molecule has 0 amide bonds. The van der Waals surface area contributed by atoms with Crippen LogP contribution in [-0.2, 0) is 0 Å². The van der Waals surface area contributed by atoms with Crippen molar-refractivity contribution < 1.29 is 0 Å². The summed E-state index contributed by atoms with van der Waals surface area (Å²) >= 11 is 0. The Morgan fingerprint density at radius 3 is 0.952 bits per heavy atom. The van der Waals surface area contributed by atoms with E-state index in [1.807, 2.05) is 154 Å². The van der Waals surface area contributed by atoms with Crippen molar-refractivity contribution >= 4 is 34.4 Å². The van der Waals surface area contributed by atoms with Crippen LogP contribution in [0, 0.1) is 0 Å². The Hall–Kier alpha value is -4.44. The Bertz CT molecular complexity index is 1080. The molecule has 5 aromatic rings. The molecule has 0 spiro atoms. The molecule has 4 nitrogen and oxygen atoms in total. The molecule has 3 aromatic carbocycles. The third kappa shape index (κ3) is 11.2. The first-order valence-corrected chi connectivity index (χ1v) is 15.5. The van der Waals surface area contributed by atoms with Crippen molar-refractivity contribution in [2.45, 2.75) is 69.2 Å². The average Bonchev–Trinajstić information content (AvgIpc) is 3.12. The molecule has 0 fully saturated rings. The van der Waals surface area contributed by atoms with Gasteiger partial charge in [-0.1, -0.05) is 124 Å². The second-order valence-electron chi connectivity index (χ2n) is 7.24. The van der Waals surface area contributed by atoms with Gasteiger partial charge in [0.15, 0.2) is 0 Å². The maximum absolute atomic E-state index is 4.62. The van der Waals surface area contributed by atoms with Crippen molar-refractivity contribution in [3.63, 3.8) is 0 Å². The second-order valence-corrected chi connectivity index (χ2v) is 7.24. The van der Waals surface area contributed by atoms with Crippen LogP contribution in [-0.4, -0.2) is 9.97 Å². The summed E-state index contributed by atoms with van der Waals surface area (Å²) in [6.45, 7) is 20.0. The molecule has 0 saturated heterocycles. The van der Waals surface area contributed by atoms with Gasteiger partial charge >= 0.3 is 0 Å². The van der Waals surface area contributed by atoms with E-state index in [1.165, 1.54) is 0 Å². The number of anilines is 6. The van der Waals surface area contributed by atoms with E-state index >= 15 is 0 Å². The van der Waals surface area contributed by atoms with E-state index in [0.717, 1.165) is 34.4 Å². The molecule has 0 aliphatic carbocycles. The van der Waals surface area contributed by atoms with Crippen molar-refractivity contribution in [1.82, 2.24) is 9.97 Å². The lowest BCUT2D eigenvalue weighted by Gasteiger charge is -2.28. The number of para-hydroxylation sites is 2. The SMILES string of the molecule is CC.CC.CC.CC.CC.c1ccc(N(c2cccc(N(c3ccccc3)c3ccccn3)c2)c2ccccn2)cc1. The smallest absolute Gasteiger partial charge is 0.137 e. The fourth-order valence-electron chi connectivity index (χ4n) is 3.72. The number of rotatable bonds is 6. The summed E-state index contributed by atoms with van der Waals surface area (Å²) in [5.74, 6) is 1.72. The zero-order chi connectivity index (χ0) is 31.6. The molecule has 4 heteroatoms. The molecule has 0 unspecified atom stereocenters. The van der Waals surface area contributed by atoms with Crippen molar-refractivity contribution in [1.29, 1.82) is 0 Å². The number of hydrogen-bond donors (Lipinski definition) is 0. The Morgan fingerprint density at radius 1 is 0.333 bits per heavy atom. The first-order chi connectivity index (χ1) is 20.9. The van der Waals surface area contributed by atoms with Crippen molar-refractivity contribution in [3.8, 4) is 0 Å². The lowest BCUT2D eigenvalue weighted by atomic mass is 10.2. The van der Waals surface area contributed by atoms with Gasteiger partial charge in [-0.2, -0.15) is 0 Å². The molecule has 0 aliphatic rings. The minimum atomic E-state index is 0.861. The zero-order valence-corrected chi connectivity index (χ0v) is 27.5. The number of benzene rings is 3. The molecule has 0 saturated carbocycles. The average molecular weight is 565 g/mol. The first-order valence-electron chi connectivity index (χ1n) is 15.5. The van der Waals surface area contributed by atoms with Crippen LogP contribution in [0.25, 0.3) is 0 Å². The van der Waals surface area contributed by atoms with E-state index in [1.54, 1.807) is 0 Å². The summed E-state index contributed by atoms with van der Waals surface area (Å²) in [4.78, 5) is 13.6. The Labute approximate surface area is 256 Å². The van der Waals surface area contributed by atoms with Gasteiger partial charge in [0.2, 0.25) is 0 Å². The van der Waals surface area contributed by atoms with Crippen molar-refractivity contribution in [2.75, 3.05) is 9.80 Å². The van der Waals surface area contributed by atoms with Gasteiger partial charge < -0.3 is 0 Å². The third-order valence-corrected chi connectivity index (χ3v) is 5.13. The molecule has 2 aromatic heterocycles. The summed E-state index contributed by atoms with van der Waals surface area (Å²) in [5, 5.41) is 0. The van der Waals surface area contributed by atoms with Crippen LogP contribution in [0.1, 0.15) is 69.2 Å². The van der Waals surface area contributed by atoms with Crippen molar-refractivity contribution in [2.24, 2.45) is 0 Å². The monoisotopic (exact) mass is 564 g/mol. The minimum Gasteiger partial charge on any atom is -0.295 e. The molecule has 0 N–H and O–H groups in total. The van der Waals surface area contributed by atoms with Crippen LogP contribution in [0.15, 0.2) is 134 Å². The standard InChI is InChI=1S/C28H22N4.5C2H6/c1-3-12-23(13-4-1)31(27-18-7-9-20-29-27)25-16-11-17-26(22-25)32(24-14-5-2-6-15-24)28-19-8-10-21-30-28;5*1-2/h1-22H;5*1-2H3. The second kappa shape index (κ2) is 24.4. The Morgan fingerprint density at radius 2 is 0.643 bits per heavy atom. The Balaban J connectivity index is 0.00000153. The summed E-state index contributed by atoms with van der Waals surface area (Å²) in [5.41, 5.74) is 4.13. The van der Waals surface area contributed by atoms with Crippen LogP contribution in [0.4, 0.5) is 34.4 Å². The molecular formula is C38H52N4. The predicted octanol–water partition coefficient (Wildman–Crippen LogP) is 12.5. The highest BCUT2D eigenvalue weighted by Gasteiger charge is 2.17. The highest BCUT2D eigenvalue weighted by Crippen LogP contribution is 2.38. The van der Waals surface area contributed by atoms with Gasteiger partial charge in [-0.05, 0) is 66.7 Å². The summed E-state index contributed by atoms with van der Waals surface area (Å²) in [6, 6.07) is 40.9. The van der Waals surface area contributed by atoms with E-state index < -0.39 is 0 Å². The van der Waals surface area contributed by atoms with Crippen LogP contribution in [0.2, 0.25) is 0 Å². The van der Waals surface area contributed by atoms with Crippen LogP contribution >= 0.6 is 0 Å². The maximum Gasteiger partial charge on any atom is 0.137 e. The number of pyridine rings is 2. The first kappa shape index (κ1) is 37.6. The molecule has 224 valence electrons. The van der Waals surface area contributed by atoms with Crippen molar-refractivity contribution in [3.05, 3.63) is 134 Å². The normalized spacial score (nSPS) is 8.71. The van der Waals surface area contributed by atoms with Gasteiger partial charge in [0.25, 0.3) is 0 Å². The van der Waals surface area contributed by atoms with E-state index in [9.17, 15) is 0 Å². The fraction of sp³-hybridized carbons (Fsp3) is 0.263. The van der Waals surface area contributed by atoms with Crippen LogP contribution in [0.3, 0.4) is 0 Å². The highest BCUT2D eigenvalue weighted by molar-refractivity contribution is 5.81. The van der Waals surface area contributed by atoms with Gasteiger partial charge in [-0.25, -0.2) is 9.97 Å². The van der Waals surface area contributed by atoms with E-state index in [4.69, 9.17) is 0 Å². The number of nitrogens with zero attached hydrogens (tertiary/aromatic N) is 4. The van der Waals surface area contributed by atoms with Gasteiger partial charge in [-0.3, -0.25) is 9.80 Å². The van der Waals surface area contributed by atoms with Gasteiger partial charge in [0.1, 0.15) is 11.6 Å². The van der Waals surface area contributed by atoms with Gasteiger partial charge in [-0.15, -0.1) is 0 Å². The third-order valence-electron chi connectivity index (χ3n) is 5.13. The van der Waals surface area contributed by atoms with Crippen LogP contribution < -0.4 is 9.80 Å². The molecule has 0 radical (unpaired) electrons. The molecule has 0 atom stereocenters. The maximum atomic E-state index is 4.62. The molecule has 0 bridgehead atoms. The molecular weight excluding hydrogens is 512 g/mol. The largest absolute Gasteiger partial charge is 0.295 e. The highest BCUT2D eigenvalue weighted by atomic mass is 15.2. The van der Waals surface area contributed by atoms with E-state index in [2.05, 4.69) is 68.3 Å². The molecule has 5 rings (SSSR count). The Kier molecular flexibility index (Phi) is 21.8. The van der Waals surface area contributed by atoms with E-state index in [-0.39, 0.29) is 0 Å². The predicted molar refractivity (Wildman–Crippen MR) is 188 cm³/mol. The number of hydrogen-bond acceptors (Lipinski definition) is 4. The van der Waals surface area contributed by atoms with Gasteiger partial charge in [0.05, 0.1) is 0 Å². The van der Waals surface area contributed by atoms with Gasteiger partial charge in [0, 0.05) is 35.1 Å². The topological polar surface area (TPSA) is 32.3 Å². The zero-order valence-electron chi connectivity index (χ0n) is 27.5. The quantitative estimate of drug-likeness (QED) is 0.205. The number of aromatic nitrogens is 2. The fourth-order valence-corrected chi connectivity index (χ4v) is 3.72. The molecule has 0 aliphatic heterocycles. The van der Waals surface area contributed by atoms with Crippen LogP contribution in [0.5, 0.6) is 0 Å². The molecule has 2 heterocycles. The molecule has 42 heavy (non-hydrogen) atoms. The minimum absolute atomic E-state index is 0.861.